The molecule has 0 spiro atoms. The van der Waals surface area contributed by atoms with Gasteiger partial charge in [0.2, 0.25) is 0 Å². The number of carbonyl (C=O) groups excluding carboxylic acids is 1. The SMILES string of the molecule is COc1cc(C(=O)N2CC3CCC2[C@@H]3N)cc2nc(-c3cc4ccc(-c5ccc(CS(C)(=O)=O)cc5Cl)nc4n3CC3CC3)n(C)c12. The van der Waals surface area contributed by atoms with Crippen LogP contribution < -0.4 is 10.5 Å². The minimum Gasteiger partial charge on any atom is -0.494 e. The molecule has 5 aromatic rings. The van der Waals surface area contributed by atoms with Crippen LogP contribution in [-0.4, -0.2) is 70.3 Å². The van der Waals surface area contributed by atoms with Gasteiger partial charge < -0.3 is 24.5 Å². The molecule has 3 atom stereocenters. The molecule has 2 bridgehead atoms. The Morgan fingerprint density at radius 1 is 1.06 bits per heavy atom. The molecule has 3 aromatic heterocycles. The first-order valence-corrected chi connectivity index (χ1v) is 18.5. The van der Waals surface area contributed by atoms with Gasteiger partial charge in [-0.3, -0.25) is 4.79 Å². The molecule has 47 heavy (non-hydrogen) atoms. The number of nitrogens with two attached hydrogens (primary N) is 1. The van der Waals surface area contributed by atoms with Crippen LogP contribution in [0.15, 0.2) is 48.5 Å². The molecular formula is C35H37ClN6O4S. The first-order chi connectivity index (χ1) is 22.5. The molecule has 1 amide bonds. The number of likely N-dealkylation sites (tertiary alicyclic amines) is 1. The molecule has 2 N–H and O–H groups in total. The van der Waals surface area contributed by atoms with Crippen molar-refractivity contribution in [1.82, 2.24) is 24.0 Å². The molecule has 2 aliphatic carbocycles. The van der Waals surface area contributed by atoms with Crippen molar-refractivity contribution < 1.29 is 17.9 Å². The van der Waals surface area contributed by atoms with E-state index < -0.39 is 9.84 Å². The maximum Gasteiger partial charge on any atom is 0.254 e. The van der Waals surface area contributed by atoms with Gasteiger partial charge in [-0.05, 0) is 79.5 Å². The number of ether oxygens (including phenoxy) is 1. The summed E-state index contributed by atoms with van der Waals surface area (Å²) in [5.74, 6) is 2.19. The van der Waals surface area contributed by atoms with E-state index in [1.807, 2.05) is 46.8 Å². The number of pyridine rings is 1. The molecule has 2 unspecified atom stereocenters. The smallest absolute Gasteiger partial charge is 0.254 e. The van der Waals surface area contributed by atoms with Crippen LogP contribution in [0.3, 0.4) is 0 Å². The Balaban J connectivity index is 1.21. The van der Waals surface area contributed by atoms with Crippen molar-refractivity contribution in [3.63, 3.8) is 0 Å². The molecule has 2 saturated carbocycles. The quantitative estimate of drug-likeness (QED) is 0.233. The number of imidazole rings is 1. The van der Waals surface area contributed by atoms with Crippen molar-refractivity contribution in [2.45, 2.75) is 50.1 Å². The number of nitrogens with zero attached hydrogens (tertiary/aromatic N) is 5. The number of hydrogen-bond donors (Lipinski definition) is 1. The van der Waals surface area contributed by atoms with E-state index in [0.717, 1.165) is 65.9 Å². The molecule has 3 fully saturated rings. The highest BCUT2D eigenvalue weighted by molar-refractivity contribution is 7.89. The number of halogens is 1. The molecule has 1 saturated heterocycles. The normalized spacial score (nSPS) is 21.0. The number of methoxy groups -OCH3 is 1. The van der Waals surface area contributed by atoms with Gasteiger partial charge in [0.25, 0.3) is 5.91 Å². The van der Waals surface area contributed by atoms with Gasteiger partial charge >= 0.3 is 0 Å². The number of piperidine rings is 1. The van der Waals surface area contributed by atoms with E-state index in [-0.39, 0.29) is 23.7 Å². The minimum atomic E-state index is -3.18. The summed E-state index contributed by atoms with van der Waals surface area (Å²) in [5, 5.41) is 1.43. The van der Waals surface area contributed by atoms with Crippen LogP contribution in [-0.2, 0) is 29.2 Å². The Bertz CT molecular complexity index is 2200. The highest BCUT2D eigenvalue weighted by atomic mass is 35.5. The Morgan fingerprint density at radius 3 is 2.53 bits per heavy atom. The van der Waals surface area contributed by atoms with Crippen molar-refractivity contribution >= 4 is 49.4 Å². The Hall–Kier alpha value is -3.93. The summed E-state index contributed by atoms with van der Waals surface area (Å²) in [5.41, 5.74) is 12.3. The first kappa shape index (κ1) is 30.4. The van der Waals surface area contributed by atoms with Crippen LogP contribution in [0, 0.1) is 11.8 Å². The number of rotatable bonds is 8. The Kier molecular flexibility index (Phi) is 7.16. The van der Waals surface area contributed by atoms with Gasteiger partial charge in [0.1, 0.15) is 16.9 Å². The molecule has 4 heterocycles. The zero-order valence-electron chi connectivity index (χ0n) is 26.6. The third-order valence-corrected chi connectivity index (χ3v) is 11.3. The second-order valence-corrected chi connectivity index (χ2v) is 16.1. The lowest BCUT2D eigenvalue weighted by Crippen LogP contribution is -2.41. The summed E-state index contributed by atoms with van der Waals surface area (Å²) < 4.78 is 33.8. The van der Waals surface area contributed by atoms with Gasteiger partial charge in [-0.2, -0.15) is 0 Å². The van der Waals surface area contributed by atoms with Crippen LogP contribution in [0.1, 0.15) is 41.6 Å². The molecule has 3 aliphatic rings. The Labute approximate surface area is 278 Å². The maximum absolute atomic E-state index is 13.7. The second-order valence-electron chi connectivity index (χ2n) is 13.6. The topological polar surface area (TPSA) is 125 Å². The number of benzene rings is 2. The molecule has 12 heteroatoms. The molecule has 10 nitrogen and oxygen atoms in total. The number of aryl methyl sites for hydroxylation is 1. The summed E-state index contributed by atoms with van der Waals surface area (Å²) >= 11 is 6.68. The van der Waals surface area contributed by atoms with Crippen LogP contribution >= 0.6 is 11.6 Å². The summed E-state index contributed by atoms with van der Waals surface area (Å²) in [6.07, 6.45) is 5.57. The molecular weight excluding hydrogens is 636 g/mol. The predicted octanol–water partition coefficient (Wildman–Crippen LogP) is 5.44. The Morgan fingerprint density at radius 2 is 1.87 bits per heavy atom. The first-order valence-electron chi connectivity index (χ1n) is 16.1. The zero-order chi connectivity index (χ0) is 32.8. The average molecular weight is 673 g/mol. The van der Waals surface area contributed by atoms with Gasteiger partial charge in [0.15, 0.2) is 15.7 Å². The third-order valence-electron chi connectivity index (χ3n) is 10.2. The third kappa shape index (κ3) is 5.28. The monoisotopic (exact) mass is 672 g/mol. The number of fused-ring (bicyclic) bond motifs is 4. The predicted molar refractivity (Wildman–Crippen MR) is 183 cm³/mol. The molecule has 8 rings (SSSR count). The lowest BCUT2D eigenvalue weighted by molar-refractivity contribution is 0.0700. The van der Waals surface area contributed by atoms with Crippen molar-refractivity contribution in [2.24, 2.45) is 24.6 Å². The van der Waals surface area contributed by atoms with Crippen molar-refractivity contribution in [3.05, 3.63) is 64.7 Å². The summed E-state index contributed by atoms with van der Waals surface area (Å²) in [4.78, 5) is 25.9. The highest BCUT2D eigenvalue weighted by Gasteiger charge is 2.47. The highest BCUT2D eigenvalue weighted by Crippen LogP contribution is 2.40. The van der Waals surface area contributed by atoms with E-state index >= 15 is 0 Å². The lowest BCUT2D eigenvalue weighted by Gasteiger charge is -2.27. The van der Waals surface area contributed by atoms with Crippen molar-refractivity contribution in [3.8, 4) is 28.5 Å². The van der Waals surface area contributed by atoms with E-state index in [1.165, 1.54) is 6.26 Å². The van der Waals surface area contributed by atoms with Gasteiger partial charge in [-0.1, -0.05) is 23.7 Å². The summed E-state index contributed by atoms with van der Waals surface area (Å²) in [6, 6.07) is 15.3. The molecule has 0 radical (unpaired) electrons. The van der Waals surface area contributed by atoms with Gasteiger partial charge in [-0.15, -0.1) is 0 Å². The van der Waals surface area contributed by atoms with E-state index in [2.05, 4.69) is 10.6 Å². The number of sulfone groups is 1. The number of carbonyl (C=O) groups is 1. The number of aromatic nitrogens is 4. The number of amides is 1. The average Bonchev–Trinajstić information content (AvgIpc) is 3.44. The molecule has 2 aromatic carbocycles. The lowest BCUT2D eigenvalue weighted by atomic mass is 10.1. The largest absolute Gasteiger partial charge is 0.494 e. The standard InChI is InChI=1S/C35H37ClN6O4S/c1-40-32-27(13-23(15-30(32)46-2)35(43)42-17-22-8-11-28(42)31(22)37)39-34(40)29-14-21-7-10-26(38-33(21)41(29)16-19-4-5-19)24-9-6-20(12-25(24)36)18-47(3,44)45/h6-7,9-10,12-15,19,22,28,31H,4-5,8,11,16-18,37H2,1-3H3/t22?,28?,31-/m1/s1. The van der Waals surface area contributed by atoms with Crippen molar-refractivity contribution in [2.75, 3.05) is 19.9 Å². The fourth-order valence-electron chi connectivity index (χ4n) is 7.63. The fraction of sp³-hybridized carbons (Fsp3) is 0.400. The van der Waals surface area contributed by atoms with Crippen LogP contribution in [0.25, 0.3) is 44.8 Å². The van der Waals surface area contributed by atoms with Gasteiger partial charge in [-0.25, -0.2) is 18.4 Å². The van der Waals surface area contributed by atoms with Gasteiger partial charge in [0, 0.05) is 55.0 Å². The van der Waals surface area contributed by atoms with Crippen LogP contribution in [0.4, 0.5) is 0 Å². The van der Waals surface area contributed by atoms with Crippen LogP contribution in [0.2, 0.25) is 5.02 Å². The molecule has 244 valence electrons. The maximum atomic E-state index is 13.7. The minimum absolute atomic E-state index is 0.0253. The summed E-state index contributed by atoms with van der Waals surface area (Å²) in [6.45, 7) is 1.50. The van der Waals surface area contributed by atoms with Crippen molar-refractivity contribution in [1.29, 1.82) is 0 Å². The second kappa shape index (κ2) is 11.1. The fourth-order valence-corrected chi connectivity index (χ4v) is 8.72. The van der Waals surface area contributed by atoms with E-state index in [9.17, 15) is 13.2 Å². The summed E-state index contributed by atoms with van der Waals surface area (Å²) in [7, 11) is 0.414. The molecule has 1 aliphatic heterocycles. The van der Waals surface area contributed by atoms with Crippen LogP contribution in [0.5, 0.6) is 5.75 Å². The van der Waals surface area contributed by atoms with E-state index in [4.69, 9.17) is 32.0 Å². The number of hydrogen-bond acceptors (Lipinski definition) is 7. The van der Waals surface area contributed by atoms with Gasteiger partial charge in [0.05, 0.1) is 34.8 Å². The van der Waals surface area contributed by atoms with E-state index in [1.54, 1.807) is 19.2 Å². The van der Waals surface area contributed by atoms with E-state index in [0.29, 0.717) is 51.5 Å². The zero-order valence-corrected chi connectivity index (χ0v) is 28.2.